The van der Waals surface area contributed by atoms with E-state index in [1.807, 2.05) is 6.92 Å². The predicted molar refractivity (Wildman–Crippen MR) is 113 cm³/mol. The summed E-state index contributed by atoms with van der Waals surface area (Å²) in [4.78, 5) is 26.0. The van der Waals surface area contributed by atoms with E-state index in [-0.39, 0.29) is 30.1 Å². The minimum atomic E-state index is -0.803. The predicted octanol–water partition coefficient (Wildman–Crippen LogP) is 4.16. The average Bonchev–Trinajstić information content (AvgIpc) is 3.05. The maximum Gasteiger partial charge on any atom is 0.307 e. The first-order valence-corrected chi connectivity index (χ1v) is 11.5. The molecule has 0 heterocycles. The first-order chi connectivity index (χ1) is 14.2. The van der Waals surface area contributed by atoms with E-state index in [1.54, 1.807) is 14.2 Å². The molecular formula is C24H40O6. The normalized spacial score (nSPS) is 42.7. The highest BCUT2D eigenvalue weighted by molar-refractivity contribution is 5.87. The maximum absolute atomic E-state index is 13.8. The van der Waals surface area contributed by atoms with E-state index in [2.05, 4.69) is 13.8 Å². The first-order valence-electron chi connectivity index (χ1n) is 11.5. The molecule has 6 nitrogen and oxygen atoms in total. The summed E-state index contributed by atoms with van der Waals surface area (Å²) in [6.45, 7) is 7.48. The van der Waals surface area contributed by atoms with Gasteiger partial charge in [0.05, 0.1) is 12.0 Å². The van der Waals surface area contributed by atoms with Gasteiger partial charge in [0.15, 0.2) is 0 Å². The third-order valence-electron chi connectivity index (χ3n) is 9.00. The summed E-state index contributed by atoms with van der Waals surface area (Å²) < 4.78 is 16.1. The summed E-state index contributed by atoms with van der Waals surface area (Å²) >= 11 is 0. The van der Waals surface area contributed by atoms with Gasteiger partial charge in [-0.1, -0.05) is 20.8 Å². The van der Waals surface area contributed by atoms with E-state index < -0.39 is 17.3 Å². The summed E-state index contributed by atoms with van der Waals surface area (Å²) in [6, 6.07) is 0. The van der Waals surface area contributed by atoms with Gasteiger partial charge in [0.25, 0.3) is 0 Å². The van der Waals surface area contributed by atoms with E-state index >= 15 is 0 Å². The lowest BCUT2D eigenvalue weighted by Crippen LogP contribution is -2.53. The first kappa shape index (κ1) is 23.7. The van der Waals surface area contributed by atoms with E-state index in [4.69, 9.17) is 14.2 Å². The molecule has 3 fully saturated rings. The summed E-state index contributed by atoms with van der Waals surface area (Å²) in [6.07, 6.45) is 5.62. The summed E-state index contributed by atoms with van der Waals surface area (Å²) in [7, 11) is 3.31. The van der Waals surface area contributed by atoms with E-state index in [1.165, 1.54) is 0 Å². The summed E-state index contributed by atoms with van der Waals surface area (Å²) in [5, 5.41) is 10.0. The molecule has 3 aliphatic carbocycles. The highest BCUT2D eigenvalue weighted by Gasteiger charge is 2.60. The fourth-order valence-electron chi connectivity index (χ4n) is 7.31. The highest BCUT2D eigenvalue weighted by atomic mass is 16.7. The van der Waals surface area contributed by atoms with Crippen LogP contribution in [0.5, 0.6) is 0 Å². The lowest BCUT2D eigenvalue weighted by atomic mass is 9.51. The van der Waals surface area contributed by atoms with Crippen LogP contribution in [0, 0.1) is 40.4 Å². The Bertz CT molecular complexity index is 635. The number of carbonyl (C=O) groups excluding carboxylic acids is 1. The Morgan fingerprint density at radius 1 is 1.07 bits per heavy atom. The van der Waals surface area contributed by atoms with Gasteiger partial charge in [-0.3, -0.25) is 9.59 Å². The van der Waals surface area contributed by atoms with Crippen molar-refractivity contribution in [1.29, 1.82) is 0 Å². The van der Waals surface area contributed by atoms with Crippen LogP contribution in [0.2, 0.25) is 0 Å². The van der Waals surface area contributed by atoms with Gasteiger partial charge in [-0.05, 0) is 67.6 Å². The molecule has 30 heavy (non-hydrogen) atoms. The molecule has 0 aliphatic heterocycles. The zero-order valence-corrected chi connectivity index (χ0v) is 19.3. The number of fused-ring (bicyclic) bond motifs is 1. The summed E-state index contributed by atoms with van der Waals surface area (Å²) in [5.74, 6) is -0.233. The largest absolute Gasteiger partial charge is 0.481 e. The van der Waals surface area contributed by atoms with Crippen LogP contribution in [0.4, 0.5) is 0 Å². The SMILES string of the molecule is COCO[C@H]1CC[C@](C)(C2CC[C@]3(C)[C@@H]([C@H](C)COC)CC[C@H]3C2=O)[C@@H](C(=O)O)C1. The lowest BCUT2D eigenvalue weighted by Gasteiger charge is -2.52. The monoisotopic (exact) mass is 424 g/mol. The van der Waals surface area contributed by atoms with Crippen molar-refractivity contribution in [3.05, 3.63) is 0 Å². The molecule has 172 valence electrons. The number of methoxy groups -OCH3 is 2. The number of ether oxygens (including phenoxy) is 3. The molecule has 0 spiro atoms. The average molecular weight is 425 g/mol. The van der Waals surface area contributed by atoms with Crippen molar-refractivity contribution in [3.63, 3.8) is 0 Å². The highest BCUT2D eigenvalue weighted by Crippen LogP contribution is 2.61. The number of hydrogen-bond donors (Lipinski definition) is 1. The lowest BCUT2D eigenvalue weighted by molar-refractivity contribution is -0.167. The number of ketones is 1. The van der Waals surface area contributed by atoms with Crippen LogP contribution in [0.3, 0.4) is 0 Å². The van der Waals surface area contributed by atoms with Gasteiger partial charge in [0.2, 0.25) is 0 Å². The van der Waals surface area contributed by atoms with Crippen LogP contribution < -0.4 is 0 Å². The Hall–Kier alpha value is -0.980. The van der Waals surface area contributed by atoms with Crippen LogP contribution in [0.25, 0.3) is 0 Å². The molecule has 0 saturated heterocycles. The molecule has 3 aliphatic rings. The third-order valence-corrected chi connectivity index (χ3v) is 9.00. The van der Waals surface area contributed by atoms with Gasteiger partial charge in [0, 0.05) is 32.7 Å². The second-order valence-electron chi connectivity index (χ2n) is 10.5. The molecule has 8 atom stereocenters. The standard InChI is InChI=1S/C24H40O6/c1-15(13-28-4)17-6-7-18-21(25)19(9-11-23(17,18)2)24(3)10-8-16(30-14-29-5)12-20(24)22(26)27/h15-20H,6-14H2,1-5H3,(H,26,27)/t15-,16+,17-,18+,19?,20-,23-,24-/m1/s1. The Labute approximate surface area is 181 Å². The molecule has 1 N–H and O–H groups in total. The molecule has 0 aromatic rings. The van der Waals surface area contributed by atoms with Crippen molar-refractivity contribution in [2.45, 2.75) is 71.8 Å². The van der Waals surface area contributed by atoms with Gasteiger partial charge < -0.3 is 19.3 Å². The minimum Gasteiger partial charge on any atom is -0.481 e. The van der Waals surface area contributed by atoms with Crippen molar-refractivity contribution in [3.8, 4) is 0 Å². The third kappa shape index (κ3) is 4.07. The number of carboxylic acids is 1. The van der Waals surface area contributed by atoms with E-state index in [0.717, 1.165) is 38.7 Å². The number of hydrogen-bond acceptors (Lipinski definition) is 5. The molecule has 0 amide bonds. The number of rotatable bonds is 8. The molecule has 3 saturated carbocycles. The quantitative estimate of drug-likeness (QED) is 0.589. The second-order valence-corrected chi connectivity index (χ2v) is 10.5. The molecule has 0 aromatic heterocycles. The Kier molecular flexibility index (Phi) is 7.30. The molecule has 3 rings (SSSR count). The second kappa shape index (κ2) is 9.25. The molecule has 6 heteroatoms. The smallest absolute Gasteiger partial charge is 0.307 e. The Morgan fingerprint density at radius 2 is 1.73 bits per heavy atom. The van der Waals surface area contributed by atoms with Crippen molar-refractivity contribution in [1.82, 2.24) is 0 Å². The van der Waals surface area contributed by atoms with Gasteiger partial charge in [0.1, 0.15) is 12.6 Å². The molecule has 0 bridgehead atoms. The van der Waals surface area contributed by atoms with E-state index in [9.17, 15) is 14.7 Å². The fourth-order valence-corrected chi connectivity index (χ4v) is 7.31. The number of aliphatic carboxylic acids is 1. The Morgan fingerprint density at radius 3 is 2.37 bits per heavy atom. The Balaban J connectivity index is 1.78. The van der Waals surface area contributed by atoms with E-state index in [0.29, 0.717) is 30.5 Å². The molecule has 1 unspecified atom stereocenters. The van der Waals surface area contributed by atoms with Crippen LogP contribution in [0.1, 0.15) is 65.7 Å². The van der Waals surface area contributed by atoms with Crippen LogP contribution in [-0.4, -0.2) is 50.6 Å². The zero-order valence-electron chi connectivity index (χ0n) is 19.3. The van der Waals surface area contributed by atoms with Crippen molar-refractivity contribution >= 4 is 11.8 Å². The van der Waals surface area contributed by atoms with Crippen LogP contribution in [-0.2, 0) is 23.8 Å². The number of carboxylic acid groups (broad SMARTS) is 1. The van der Waals surface area contributed by atoms with Crippen molar-refractivity contribution < 1.29 is 28.9 Å². The van der Waals surface area contributed by atoms with Gasteiger partial charge in [-0.2, -0.15) is 0 Å². The molecule has 0 radical (unpaired) electrons. The fraction of sp³-hybridized carbons (Fsp3) is 0.917. The molecular weight excluding hydrogens is 384 g/mol. The van der Waals surface area contributed by atoms with Crippen LogP contribution >= 0.6 is 0 Å². The van der Waals surface area contributed by atoms with Crippen molar-refractivity contribution in [2.24, 2.45) is 40.4 Å². The number of carbonyl (C=O) groups is 2. The van der Waals surface area contributed by atoms with Gasteiger partial charge in [-0.25, -0.2) is 0 Å². The number of Topliss-reactive ketones (excluding diaryl/α,β-unsaturated/α-hetero) is 1. The topological polar surface area (TPSA) is 82.1 Å². The molecule has 0 aromatic carbocycles. The maximum atomic E-state index is 13.8. The van der Waals surface area contributed by atoms with Gasteiger partial charge in [-0.15, -0.1) is 0 Å². The zero-order chi connectivity index (χ0) is 22.1. The van der Waals surface area contributed by atoms with Crippen LogP contribution in [0.15, 0.2) is 0 Å². The minimum absolute atomic E-state index is 0.0133. The van der Waals surface area contributed by atoms with Crippen molar-refractivity contribution in [2.75, 3.05) is 27.6 Å². The van der Waals surface area contributed by atoms with Gasteiger partial charge >= 0.3 is 5.97 Å². The summed E-state index contributed by atoms with van der Waals surface area (Å²) in [5.41, 5.74) is -0.493.